The fourth-order valence-corrected chi connectivity index (χ4v) is 2.46. The Bertz CT molecular complexity index is 739. The molecule has 0 bridgehead atoms. The minimum atomic E-state index is -3.39. The van der Waals surface area contributed by atoms with Gasteiger partial charge in [-0.2, -0.15) is 0 Å². The van der Waals surface area contributed by atoms with Crippen LogP contribution >= 0.6 is 0 Å². The fourth-order valence-electron chi connectivity index (χ4n) is 1.82. The Kier molecular flexibility index (Phi) is 3.85. The minimum Gasteiger partial charge on any atom is -0.465 e. The molecule has 1 heterocycles. The lowest BCUT2D eigenvalue weighted by molar-refractivity contribution is 0.0601. The molecular formula is C14H13NO4S. The second kappa shape index (κ2) is 5.42. The highest BCUT2D eigenvalue weighted by molar-refractivity contribution is 7.90. The summed E-state index contributed by atoms with van der Waals surface area (Å²) in [6.45, 7) is 0. The average Bonchev–Trinajstić information content (AvgIpc) is 2.45. The number of hydrogen-bond donors (Lipinski definition) is 0. The highest BCUT2D eigenvalue weighted by atomic mass is 32.2. The Hall–Kier alpha value is -2.21. The van der Waals surface area contributed by atoms with E-state index in [1.807, 2.05) is 0 Å². The summed E-state index contributed by atoms with van der Waals surface area (Å²) < 4.78 is 27.9. The molecule has 0 amide bonds. The van der Waals surface area contributed by atoms with Crippen LogP contribution in [0.5, 0.6) is 0 Å². The zero-order chi connectivity index (χ0) is 14.8. The number of methoxy groups -OCH3 is 1. The van der Waals surface area contributed by atoms with Crippen molar-refractivity contribution in [2.24, 2.45) is 0 Å². The molecule has 6 heteroatoms. The Balaban J connectivity index is 2.67. The van der Waals surface area contributed by atoms with Crippen molar-refractivity contribution in [3.63, 3.8) is 0 Å². The van der Waals surface area contributed by atoms with Crippen molar-refractivity contribution >= 4 is 15.8 Å². The second-order valence-electron chi connectivity index (χ2n) is 4.21. The van der Waals surface area contributed by atoms with E-state index < -0.39 is 15.8 Å². The number of carbonyl (C=O) groups excluding carboxylic acids is 1. The van der Waals surface area contributed by atoms with Crippen LogP contribution in [-0.2, 0) is 14.6 Å². The zero-order valence-corrected chi connectivity index (χ0v) is 11.8. The third kappa shape index (κ3) is 2.85. The highest BCUT2D eigenvalue weighted by Gasteiger charge is 2.17. The van der Waals surface area contributed by atoms with Crippen LogP contribution in [0.1, 0.15) is 10.4 Å². The normalized spacial score (nSPS) is 11.1. The van der Waals surface area contributed by atoms with Gasteiger partial charge in [-0.05, 0) is 35.4 Å². The number of esters is 1. The van der Waals surface area contributed by atoms with Crippen molar-refractivity contribution in [1.29, 1.82) is 0 Å². The van der Waals surface area contributed by atoms with Crippen LogP contribution in [0.4, 0.5) is 0 Å². The molecule has 0 spiro atoms. The molecule has 0 aliphatic heterocycles. The largest absolute Gasteiger partial charge is 0.465 e. The molecule has 2 rings (SSSR count). The Morgan fingerprint density at radius 3 is 2.35 bits per heavy atom. The van der Waals surface area contributed by atoms with Crippen molar-refractivity contribution in [2.75, 3.05) is 13.4 Å². The summed E-state index contributed by atoms with van der Waals surface area (Å²) in [7, 11) is -2.13. The van der Waals surface area contributed by atoms with Gasteiger partial charge in [-0.25, -0.2) is 13.2 Å². The summed E-state index contributed by atoms with van der Waals surface area (Å²) >= 11 is 0. The number of ether oxygens (including phenoxy) is 1. The molecule has 0 aliphatic rings. The van der Waals surface area contributed by atoms with E-state index in [0.29, 0.717) is 5.56 Å². The minimum absolute atomic E-state index is 0.0794. The van der Waals surface area contributed by atoms with Crippen molar-refractivity contribution in [2.45, 2.75) is 4.90 Å². The molecule has 20 heavy (non-hydrogen) atoms. The predicted octanol–water partition coefficient (Wildman–Crippen LogP) is 1.94. The van der Waals surface area contributed by atoms with Crippen molar-refractivity contribution in [3.05, 3.63) is 48.3 Å². The summed E-state index contributed by atoms with van der Waals surface area (Å²) in [6.07, 6.45) is 4.29. The molecule has 5 nitrogen and oxygen atoms in total. The summed E-state index contributed by atoms with van der Waals surface area (Å²) in [4.78, 5) is 15.8. The first-order valence-electron chi connectivity index (χ1n) is 5.76. The molecular weight excluding hydrogens is 278 g/mol. The van der Waals surface area contributed by atoms with Gasteiger partial charge in [-0.3, -0.25) is 4.98 Å². The van der Waals surface area contributed by atoms with Crippen LogP contribution in [0, 0.1) is 0 Å². The van der Waals surface area contributed by atoms with E-state index in [1.165, 1.54) is 19.2 Å². The maximum Gasteiger partial charge on any atom is 0.338 e. The number of rotatable bonds is 3. The van der Waals surface area contributed by atoms with Crippen LogP contribution in [0.15, 0.2) is 47.6 Å². The van der Waals surface area contributed by atoms with Gasteiger partial charge < -0.3 is 4.74 Å². The highest BCUT2D eigenvalue weighted by Crippen LogP contribution is 2.26. The van der Waals surface area contributed by atoms with E-state index in [-0.39, 0.29) is 10.5 Å². The number of aromatic nitrogens is 1. The average molecular weight is 291 g/mol. The van der Waals surface area contributed by atoms with Crippen LogP contribution < -0.4 is 0 Å². The molecule has 0 saturated carbocycles. The summed E-state index contributed by atoms with van der Waals surface area (Å²) in [5.74, 6) is -0.581. The van der Waals surface area contributed by atoms with Crippen LogP contribution in [0.3, 0.4) is 0 Å². The monoisotopic (exact) mass is 291 g/mol. The van der Waals surface area contributed by atoms with Gasteiger partial charge in [-0.1, -0.05) is 6.07 Å². The third-order valence-electron chi connectivity index (χ3n) is 2.82. The van der Waals surface area contributed by atoms with Gasteiger partial charge >= 0.3 is 5.97 Å². The van der Waals surface area contributed by atoms with E-state index in [4.69, 9.17) is 4.74 Å². The number of hydrogen-bond acceptors (Lipinski definition) is 5. The second-order valence-corrected chi connectivity index (χ2v) is 6.22. The maximum absolute atomic E-state index is 11.9. The molecule has 1 aromatic heterocycles. The zero-order valence-electron chi connectivity index (χ0n) is 11.0. The van der Waals surface area contributed by atoms with Crippen LogP contribution in [-0.4, -0.2) is 32.7 Å². The molecule has 0 fully saturated rings. The van der Waals surface area contributed by atoms with E-state index in [2.05, 4.69) is 4.98 Å². The molecule has 1 aromatic carbocycles. The lowest BCUT2D eigenvalue weighted by Crippen LogP contribution is -2.06. The van der Waals surface area contributed by atoms with Gasteiger partial charge in [0.25, 0.3) is 0 Å². The molecule has 0 aliphatic carbocycles. The third-order valence-corrected chi connectivity index (χ3v) is 3.93. The predicted molar refractivity (Wildman–Crippen MR) is 74.1 cm³/mol. The van der Waals surface area contributed by atoms with Gasteiger partial charge in [0.15, 0.2) is 9.84 Å². The quantitative estimate of drug-likeness (QED) is 0.808. The van der Waals surface area contributed by atoms with Gasteiger partial charge in [-0.15, -0.1) is 0 Å². The van der Waals surface area contributed by atoms with Gasteiger partial charge in [0.05, 0.1) is 17.6 Å². The number of carbonyl (C=O) groups is 1. The molecule has 0 unspecified atom stereocenters. The maximum atomic E-state index is 11.9. The number of nitrogens with zero attached hydrogens (tertiary/aromatic N) is 1. The van der Waals surface area contributed by atoms with Gasteiger partial charge in [0.1, 0.15) is 0 Å². The van der Waals surface area contributed by atoms with E-state index in [0.717, 1.165) is 11.8 Å². The molecule has 104 valence electrons. The van der Waals surface area contributed by atoms with Crippen molar-refractivity contribution < 1.29 is 17.9 Å². The smallest absolute Gasteiger partial charge is 0.338 e. The molecule has 0 atom stereocenters. The standard InChI is InChI=1S/C14H13NO4S/c1-19-14(16)13-9-11(20(2,17)18)3-4-12(13)10-5-7-15-8-6-10/h3-9H,1-2H3. The van der Waals surface area contributed by atoms with E-state index in [9.17, 15) is 13.2 Å². The van der Waals surface area contributed by atoms with Gasteiger partial charge in [0, 0.05) is 18.6 Å². The summed E-state index contributed by atoms with van der Waals surface area (Å²) in [5.41, 5.74) is 1.58. The lowest BCUT2D eigenvalue weighted by Gasteiger charge is -2.09. The van der Waals surface area contributed by atoms with E-state index in [1.54, 1.807) is 30.6 Å². The molecule has 0 saturated heterocycles. The lowest BCUT2D eigenvalue weighted by atomic mass is 10.0. The molecule has 0 radical (unpaired) electrons. The van der Waals surface area contributed by atoms with Crippen LogP contribution in [0.25, 0.3) is 11.1 Å². The number of benzene rings is 1. The Morgan fingerprint density at radius 2 is 1.80 bits per heavy atom. The fraction of sp³-hybridized carbons (Fsp3) is 0.143. The van der Waals surface area contributed by atoms with Crippen molar-refractivity contribution in [3.8, 4) is 11.1 Å². The first-order valence-corrected chi connectivity index (χ1v) is 7.65. The topological polar surface area (TPSA) is 73.3 Å². The van der Waals surface area contributed by atoms with Gasteiger partial charge in [0.2, 0.25) is 0 Å². The van der Waals surface area contributed by atoms with Crippen molar-refractivity contribution in [1.82, 2.24) is 4.98 Å². The summed E-state index contributed by atoms with van der Waals surface area (Å²) in [6, 6.07) is 7.87. The first-order chi connectivity index (χ1) is 9.43. The number of pyridine rings is 1. The van der Waals surface area contributed by atoms with E-state index >= 15 is 0 Å². The Labute approximate surface area is 117 Å². The van der Waals surface area contributed by atoms with Crippen LogP contribution in [0.2, 0.25) is 0 Å². The molecule has 2 aromatic rings. The number of sulfone groups is 1. The SMILES string of the molecule is COC(=O)c1cc(S(C)(=O)=O)ccc1-c1ccncc1. The first kappa shape index (κ1) is 14.2. The molecule has 0 N–H and O–H groups in total. The Morgan fingerprint density at radius 1 is 1.15 bits per heavy atom. The summed E-state index contributed by atoms with van der Waals surface area (Å²) in [5, 5.41) is 0.